The Bertz CT molecular complexity index is 220. The Morgan fingerprint density at radius 3 is 2.94 bits per heavy atom. The largest absolute Gasteiger partial charge is 0.343 e. The molecule has 0 saturated carbocycles. The highest BCUT2D eigenvalue weighted by Crippen LogP contribution is 2.20. The molecule has 0 aromatic heterocycles. The van der Waals surface area contributed by atoms with Gasteiger partial charge in [0.15, 0.2) is 0 Å². The summed E-state index contributed by atoms with van der Waals surface area (Å²) >= 11 is 0. The molecule has 1 heterocycles. The molecular weight excluding hydrogens is 202 g/mol. The molecule has 94 valence electrons. The van der Waals surface area contributed by atoms with Crippen LogP contribution in [0.5, 0.6) is 0 Å². The van der Waals surface area contributed by atoms with Crippen molar-refractivity contribution in [3.05, 3.63) is 0 Å². The standard InChI is InChI=1S/C12H25N3O/c1-4-10-5-6-14-11(9-10)12(16)15(3)8-7-13-2/h10-11,13-14H,4-9H2,1-3H3. The van der Waals surface area contributed by atoms with Crippen LogP contribution >= 0.6 is 0 Å². The third kappa shape index (κ3) is 3.76. The van der Waals surface area contributed by atoms with E-state index in [1.807, 2.05) is 19.0 Å². The number of hydrogen-bond donors (Lipinski definition) is 2. The van der Waals surface area contributed by atoms with Crippen molar-refractivity contribution in [1.29, 1.82) is 0 Å². The van der Waals surface area contributed by atoms with Gasteiger partial charge >= 0.3 is 0 Å². The number of carbonyl (C=O) groups is 1. The van der Waals surface area contributed by atoms with E-state index in [1.165, 1.54) is 12.8 Å². The number of amides is 1. The molecule has 2 unspecified atom stereocenters. The second-order valence-corrected chi connectivity index (χ2v) is 4.67. The Kier molecular flexibility index (Phi) is 5.77. The van der Waals surface area contributed by atoms with Crippen LogP contribution in [0.3, 0.4) is 0 Å². The van der Waals surface area contributed by atoms with Gasteiger partial charge in [-0.2, -0.15) is 0 Å². The lowest BCUT2D eigenvalue weighted by atomic mass is 9.90. The summed E-state index contributed by atoms with van der Waals surface area (Å²) in [5.41, 5.74) is 0. The van der Waals surface area contributed by atoms with Crippen LogP contribution in [-0.2, 0) is 4.79 Å². The molecule has 1 fully saturated rings. The van der Waals surface area contributed by atoms with Gasteiger partial charge in [-0.15, -0.1) is 0 Å². The zero-order valence-corrected chi connectivity index (χ0v) is 10.8. The van der Waals surface area contributed by atoms with Crippen molar-refractivity contribution in [2.75, 3.05) is 33.7 Å². The van der Waals surface area contributed by atoms with Crippen LogP contribution in [0.15, 0.2) is 0 Å². The lowest BCUT2D eigenvalue weighted by Gasteiger charge is -2.31. The monoisotopic (exact) mass is 227 g/mol. The maximum Gasteiger partial charge on any atom is 0.239 e. The molecule has 1 amide bonds. The molecule has 1 rings (SSSR count). The van der Waals surface area contributed by atoms with Crippen molar-refractivity contribution in [2.45, 2.75) is 32.2 Å². The maximum absolute atomic E-state index is 12.1. The van der Waals surface area contributed by atoms with Gasteiger partial charge in [-0.3, -0.25) is 4.79 Å². The van der Waals surface area contributed by atoms with E-state index < -0.39 is 0 Å². The van der Waals surface area contributed by atoms with Crippen LogP contribution in [0, 0.1) is 5.92 Å². The fourth-order valence-electron chi connectivity index (χ4n) is 2.21. The first-order valence-electron chi connectivity index (χ1n) is 6.32. The molecule has 4 nitrogen and oxygen atoms in total. The molecule has 0 bridgehead atoms. The highest BCUT2D eigenvalue weighted by atomic mass is 16.2. The Morgan fingerprint density at radius 2 is 2.31 bits per heavy atom. The van der Waals surface area contributed by atoms with Crippen LogP contribution in [-0.4, -0.2) is 50.6 Å². The molecule has 0 aromatic carbocycles. The minimum atomic E-state index is 0.0422. The first-order chi connectivity index (χ1) is 7.69. The van der Waals surface area contributed by atoms with E-state index in [1.54, 1.807) is 0 Å². The zero-order valence-electron chi connectivity index (χ0n) is 10.8. The van der Waals surface area contributed by atoms with E-state index in [2.05, 4.69) is 17.6 Å². The first-order valence-corrected chi connectivity index (χ1v) is 6.32. The number of hydrogen-bond acceptors (Lipinski definition) is 3. The normalized spacial score (nSPS) is 25.4. The second kappa shape index (κ2) is 6.86. The molecule has 0 aliphatic carbocycles. The van der Waals surface area contributed by atoms with E-state index >= 15 is 0 Å². The molecule has 1 aliphatic heterocycles. The second-order valence-electron chi connectivity index (χ2n) is 4.67. The molecule has 2 atom stereocenters. The van der Waals surface area contributed by atoms with E-state index in [-0.39, 0.29) is 11.9 Å². The average molecular weight is 227 g/mol. The number of nitrogens with one attached hydrogen (secondary N) is 2. The summed E-state index contributed by atoms with van der Waals surface area (Å²) in [5, 5.41) is 6.39. The van der Waals surface area contributed by atoms with Crippen molar-refractivity contribution in [1.82, 2.24) is 15.5 Å². The molecule has 4 heteroatoms. The smallest absolute Gasteiger partial charge is 0.239 e. The minimum absolute atomic E-state index is 0.0422. The number of piperidine rings is 1. The van der Waals surface area contributed by atoms with E-state index in [9.17, 15) is 4.79 Å². The third-order valence-corrected chi connectivity index (χ3v) is 3.46. The fraction of sp³-hybridized carbons (Fsp3) is 0.917. The van der Waals surface area contributed by atoms with Crippen molar-refractivity contribution >= 4 is 5.91 Å². The molecule has 1 saturated heterocycles. The molecule has 16 heavy (non-hydrogen) atoms. The Morgan fingerprint density at radius 1 is 1.56 bits per heavy atom. The molecule has 0 spiro atoms. The predicted molar refractivity (Wildman–Crippen MR) is 66.4 cm³/mol. The summed E-state index contributed by atoms with van der Waals surface area (Å²) in [6.07, 6.45) is 3.39. The summed E-state index contributed by atoms with van der Waals surface area (Å²) in [5.74, 6) is 0.960. The fourth-order valence-corrected chi connectivity index (χ4v) is 2.21. The Balaban J connectivity index is 2.40. The molecule has 1 aliphatic rings. The Labute approximate surface area is 98.8 Å². The summed E-state index contributed by atoms with van der Waals surface area (Å²) in [7, 11) is 3.79. The zero-order chi connectivity index (χ0) is 12.0. The number of likely N-dealkylation sites (N-methyl/N-ethyl adjacent to an activating group) is 2. The lowest BCUT2D eigenvalue weighted by Crippen LogP contribution is -2.50. The van der Waals surface area contributed by atoms with Crippen LogP contribution in [0.1, 0.15) is 26.2 Å². The SMILES string of the molecule is CCC1CCNC(C(=O)N(C)CCNC)C1. The summed E-state index contributed by atoms with van der Waals surface area (Å²) < 4.78 is 0. The lowest BCUT2D eigenvalue weighted by molar-refractivity contribution is -0.133. The van der Waals surface area contributed by atoms with E-state index in [0.717, 1.165) is 26.1 Å². The minimum Gasteiger partial charge on any atom is -0.343 e. The van der Waals surface area contributed by atoms with Crippen LogP contribution in [0.2, 0.25) is 0 Å². The highest BCUT2D eigenvalue weighted by Gasteiger charge is 2.27. The van der Waals surface area contributed by atoms with E-state index in [4.69, 9.17) is 0 Å². The number of rotatable bonds is 5. The van der Waals surface area contributed by atoms with Gasteiger partial charge in [0.1, 0.15) is 0 Å². The first kappa shape index (κ1) is 13.5. The van der Waals surface area contributed by atoms with Gasteiger partial charge < -0.3 is 15.5 Å². The summed E-state index contributed by atoms with van der Waals surface area (Å²) in [6, 6.07) is 0.0422. The van der Waals surface area contributed by atoms with Gasteiger partial charge in [-0.1, -0.05) is 13.3 Å². The van der Waals surface area contributed by atoms with Crippen LogP contribution < -0.4 is 10.6 Å². The average Bonchev–Trinajstić information content (AvgIpc) is 2.35. The summed E-state index contributed by atoms with van der Waals surface area (Å²) in [4.78, 5) is 13.9. The van der Waals surface area contributed by atoms with Crippen molar-refractivity contribution in [3.8, 4) is 0 Å². The molecule has 0 aromatic rings. The van der Waals surface area contributed by atoms with Crippen molar-refractivity contribution in [3.63, 3.8) is 0 Å². The quantitative estimate of drug-likeness (QED) is 0.716. The van der Waals surface area contributed by atoms with Crippen LogP contribution in [0.4, 0.5) is 0 Å². The van der Waals surface area contributed by atoms with Gasteiger partial charge in [0.25, 0.3) is 0 Å². The topological polar surface area (TPSA) is 44.4 Å². The Hall–Kier alpha value is -0.610. The van der Waals surface area contributed by atoms with Gasteiger partial charge in [-0.05, 0) is 32.4 Å². The predicted octanol–water partition coefficient (Wildman–Crippen LogP) is 0.442. The van der Waals surface area contributed by atoms with Crippen LogP contribution in [0.25, 0.3) is 0 Å². The van der Waals surface area contributed by atoms with Gasteiger partial charge in [-0.25, -0.2) is 0 Å². The van der Waals surface area contributed by atoms with Gasteiger partial charge in [0, 0.05) is 20.1 Å². The third-order valence-electron chi connectivity index (χ3n) is 3.46. The van der Waals surface area contributed by atoms with Gasteiger partial charge in [0.2, 0.25) is 5.91 Å². The highest BCUT2D eigenvalue weighted by molar-refractivity contribution is 5.81. The maximum atomic E-state index is 12.1. The van der Waals surface area contributed by atoms with Crippen molar-refractivity contribution in [2.24, 2.45) is 5.92 Å². The van der Waals surface area contributed by atoms with E-state index in [0.29, 0.717) is 5.92 Å². The summed E-state index contributed by atoms with van der Waals surface area (Å²) in [6.45, 7) is 4.83. The molecule has 2 N–H and O–H groups in total. The van der Waals surface area contributed by atoms with Crippen molar-refractivity contribution < 1.29 is 4.79 Å². The number of carbonyl (C=O) groups excluding carboxylic acids is 1. The molecular formula is C12H25N3O. The molecule has 0 radical (unpaired) electrons. The van der Waals surface area contributed by atoms with Gasteiger partial charge in [0.05, 0.1) is 6.04 Å². The number of nitrogens with zero attached hydrogens (tertiary/aromatic N) is 1.